The lowest BCUT2D eigenvalue weighted by Gasteiger charge is -2.25. The Hall–Kier alpha value is -2.62. The van der Waals surface area contributed by atoms with Crippen molar-refractivity contribution in [1.29, 1.82) is 0 Å². The molecule has 0 bridgehead atoms. The highest BCUT2D eigenvalue weighted by Crippen LogP contribution is 2.34. The van der Waals surface area contributed by atoms with Crippen LogP contribution in [-0.2, 0) is 17.6 Å². The van der Waals surface area contributed by atoms with Crippen LogP contribution in [0.25, 0.3) is 5.65 Å². The minimum Gasteiger partial charge on any atom is -0.325 e. The van der Waals surface area contributed by atoms with E-state index in [1.54, 1.807) is 0 Å². The van der Waals surface area contributed by atoms with Crippen LogP contribution in [0, 0.1) is 5.92 Å². The van der Waals surface area contributed by atoms with E-state index < -0.39 is 0 Å². The summed E-state index contributed by atoms with van der Waals surface area (Å²) in [5.41, 5.74) is 6.74. The lowest BCUT2D eigenvalue weighted by molar-refractivity contribution is -0.120. The Kier molecular flexibility index (Phi) is 4.96. The van der Waals surface area contributed by atoms with E-state index in [0.29, 0.717) is 11.8 Å². The summed E-state index contributed by atoms with van der Waals surface area (Å²) in [7, 11) is 0. The van der Waals surface area contributed by atoms with Crippen molar-refractivity contribution in [2.24, 2.45) is 5.92 Å². The molecular weight excluding hydrogens is 346 g/mol. The van der Waals surface area contributed by atoms with Gasteiger partial charge in [0.05, 0.1) is 5.69 Å². The van der Waals surface area contributed by atoms with Gasteiger partial charge in [0.1, 0.15) is 5.65 Å². The van der Waals surface area contributed by atoms with Crippen molar-refractivity contribution in [2.75, 3.05) is 5.32 Å². The molecule has 4 nitrogen and oxygen atoms in total. The fourth-order valence-corrected chi connectivity index (χ4v) is 4.30. The molecule has 146 valence electrons. The molecule has 1 aromatic carbocycles. The second-order valence-corrected chi connectivity index (χ2v) is 8.48. The number of pyridine rings is 1. The van der Waals surface area contributed by atoms with Gasteiger partial charge in [0, 0.05) is 29.9 Å². The van der Waals surface area contributed by atoms with E-state index in [4.69, 9.17) is 4.98 Å². The fraction of sp³-hybridized carbons (Fsp3) is 0.417. The van der Waals surface area contributed by atoms with Crippen LogP contribution in [0.4, 0.5) is 5.69 Å². The van der Waals surface area contributed by atoms with Crippen LogP contribution in [0.2, 0.25) is 0 Å². The molecule has 3 aromatic rings. The molecule has 1 atom stereocenters. The summed E-state index contributed by atoms with van der Waals surface area (Å²) < 4.78 is 2.14. The smallest absolute Gasteiger partial charge is 0.227 e. The van der Waals surface area contributed by atoms with E-state index in [0.717, 1.165) is 36.3 Å². The lowest BCUT2D eigenvalue weighted by atomic mass is 9.88. The van der Waals surface area contributed by atoms with Crippen LogP contribution in [0.1, 0.15) is 68.5 Å². The maximum absolute atomic E-state index is 13.2. The Balaban J connectivity index is 1.62. The van der Waals surface area contributed by atoms with Crippen molar-refractivity contribution in [3.8, 4) is 0 Å². The van der Waals surface area contributed by atoms with Crippen molar-refractivity contribution in [3.05, 3.63) is 65.1 Å². The van der Waals surface area contributed by atoms with Gasteiger partial charge in [0.15, 0.2) is 0 Å². The predicted molar refractivity (Wildman–Crippen MR) is 114 cm³/mol. The van der Waals surface area contributed by atoms with Crippen molar-refractivity contribution in [2.45, 2.75) is 58.8 Å². The van der Waals surface area contributed by atoms with Crippen molar-refractivity contribution >= 4 is 17.2 Å². The van der Waals surface area contributed by atoms with Crippen molar-refractivity contribution in [1.82, 2.24) is 9.38 Å². The maximum Gasteiger partial charge on any atom is 0.227 e. The Bertz CT molecular complexity index is 990. The molecule has 1 aliphatic rings. The molecule has 1 N–H and O–H groups in total. The van der Waals surface area contributed by atoms with Gasteiger partial charge in [-0.25, -0.2) is 4.98 Å². The van der Waals surface area contributed by atoms with Crippen LogP contribution in [0.5, 0.6) is 0 Å². The standard InChI is InChI=1S/C24H29N3O/c1-15(2)18-8-7-9-19(16(3)4)23(18)26-24(28)17-11-12-20-21(14-17)27-13-6-5-10-22(27)25-20/h5-10,13,15-17H,11-12,14H2,1-4H3,(H,26,28). The average molecular weight is 376 g/mol. The molecule has 1 unspecified atom stereocenters. The number of para-hydroxylation sites is 1. The van der Waals surface area contributed by atoms with Gasteiger partial charge in [0.2, 0.25) is 5.91 Å². The predicted octanol–water partition coefficient (Wildman–Crippen LogP) is 5.32. The first-order valence-corrected chi connectivity index (χ1v) is 10.3. The number of aromatic nitrogens is 2. The van der Waals surface area contributed by atoms with Crippen LogP contribution in [0.15, 0.2) is 42.6 Å². The molecule has 28 heavy (non-hydrogen) atoms. The van der Waals surface area contributed by atoms with E-state index in [1.165, 1.54) is 16.8 Å². The molecule has 2 aromatic heterocycles. The molecule has 0 spiro atoms. The number of amides is 1. The zero-order valence-corrected chi connectivity index (χ0v) is 17.2. The number of anilines is 1. The molecule has 0 fully saturated rings. The Morgan fingerprint density at radius 1 is 1.07 bits per heavy atom. The van der Waals surface area contributed by atoms with Gasteiger partial charge in [0.25, 0.3) is 0 Å². The van der Waals surface area contributed by atoms with Crippen LogP contribution >= 0.6 is 0 Å². The average Bonchev–Trinajstić information content (AvgIpc) is 3.05. The monoisotopic (exact) mass is 375 g/mol. The number of hydrogen-bond acceptors (Lipinski definition) is 2. The number of aryl methyl sites for hydroxylation is 1. The summed E-state index contributed by atoms with van der Waals surface area (Å²) in [6.07, 6.45) is 4.50. The van der Waals surface area contributed by atoms with Gasteiger partial charge in [-0.2, -0.15) is 0 Å². The first-order chi connectivity index (χ1) is 13.5. The van der Waals surface area contributed by atoms with Gasteiger partial charge < -0.3 is 9.72 Å². The number of benzene rings is 1. The van der Waals surface area contributed by atoms with Gasteiger partial charge in [-0.05, 0) is 47.9 Å². The van der Waals surface area contributed by atoms with Gasteiger partial charge in [-0.1, -0.05) is 52.0 Å². The third-order valence-corrected chi connectivity index (χ3v) is 5.87. The molecule has 2 heterocycles. The summed E-state index contributed by atoms with van der Waals surface area (Å²) in [6.45, 7) is 8.72. The first kappa shape index (κ1) is 18.7. The third-order valence-electron chi connectivity index (χ3n) is 5.87. The van der Waals surface area contributed by atoms with E-state index >= 15 is 0 Å². The highest BCUT2D eigenvalue weighted by atomic mass is 16.1. The van der Waals surface area contributed by atoms with E-state index in [9.17, 15) is 4.79 Å². The fourth-order valence-electron chi connectivity index (χ4n) is 4.30. The molecule has 1 amide bonds. The zero-order chi connectivity index (χ0) is 19.8. The molecular formula is C24H29N3O. The number of carbonyl (C=O) groups excluding carboxylic acids is 1. The summed E-state index contributed by atoms with van der Waals surface area (Å²) in [6, 6.07) is 12.4. The second-order valence-electron chi connectivity index (χ2n) is 8.48. The summed E-state index contributed by atoms with van der Waals surface area (Å²) in [5, 5.41) is 3.31. The molecule has 4 heteroatoms. The summed E-state index contributed by atoms with van der Waals surface area (Å²) in [5.74, 6) is 0.843. The number of carbonyl (C=O) groups is 1. The largest absolute Gasteiger partial charge is 0.325 e. The van der Waals surface area contributed by atoms with Crippen molar-refractivity contribution < 1.29 is 4.79 Å². The lowest BCUT2D eigenvalue weighted by Crippen LogP contribution is -2.29. The minimum atomic E-state index is -0.0205. The quantitative estimate of drug-likeness (QED) is 0.670. The van der Waals surface area contributed by atoms with Crippen LogP contribution in [0.3, 0.4) is 0 Å². The first-order valence-electron chi connectivity index (χ1n) is 10.3. The van der Waals surface area contributed by atoms with Crippen LogP contribution in [-0.4, -0.2) is 15.3 Å². The Labute approximate surface area is 167 Å². The number of nitrogens with zero attached hydrogens (tertiary/aromatic N) is 2. The van der Waals surface area contributed by atoms with Gasteiger partial charge in [-0.15, -0.1) is 0 Å². The van der Waals surface area contributed by atoms with E-state index in [-0.39, 0.29) is 11.8 Å². The Morgan fingerprint density at radius 2 is 1.79 bits per heavy atom. The molecule has 0 saturated heterocycles. The second kappa shape index (κ2) is 7.42. The van der Waals surface area contributed by atoms with E-state index in [2.05, 4.69) is 55.6 Å². The number of imidazole rings is 1. The number of nitrogens with one attached hydrogen (secondary N) is 1. The van der Waals surface area contributed by atoms with Crippen LogP contribution < -0.4 is 5.32 Å². The van der Waals surface area contributed by atoms with E-state index in [1.807, 2.05) is 24.4 Å². The molecule has 1 aliphatic carbocycles. The number of hydrogen-bond donors (Lipinski definition) is 1. The van der Waals surface area contributed by atoms with Crippen molar-refractivity contribution in [3.63, 3.8) is 0 Å². The highest BCUT2D eigenvalue weighted by Gasteiger charge is 2.29. The zero-order valence-electron chi connectivity index (χ0n) is 17.2. The summed E-state index contributed by atoms with van der Waals surface area (Å²) >= 11 is 0. The minimum absolute atomic E-state index is 0.0205. The highest BCUT2D eigenvalue weighted by molar-refractivity contribution is 5.94. The SMILES string of the molecule is CC(C)c1cccc(C(C)C)c1NC(=O)C1CCc2nc3ccccn3c2C1. The number of rotatable bonds is 4. The number of fused-ring (bicyclic) bond motifs is 3. The molecule has 4 rings (SSSR count). The molecule has 0 radical (unpaired) electrons. The Morgan fingerprint density at radius 3 is 2.46 bits per heavy atom. The molecule has 0 aliphatic heterocycles. The maximum atomic E-state index is 13.2. The van der Waals surface area contributed by atoms with Gasteiger partial charge >= 0.3 is 0 Å². The topological polar surface area (TPSA) is 46.4 Å². The summed E-state index contributed by atoms with van der Waals surface area (Å²) in [4.78, 5) is 18.0. The third kappa shape index (κ3) is 3.32. The normalized spacial score (nSPS) is 16.6. The molecule has 0 saturated carbocycles. The van der Waals surface area contributed by atoms with Gasteiger partial charge in [-0.3, -0.25) is 4.79 Å².